The van der Waals surface area contributed by atoms with E-state index in [4.69, 9.17) is 0 Å². The summed E-state index contributed by atoms with van der Waals surface area (Å²) in [6, 6.07) is 9.15. The molecule has 0 amide bonds. The van der Waals surface area contributed by atoms with Gasteiger partial charge in [-0.25, -0.2) is 4.63 Å². The Morgan fingerprint density at radius 1 is 1.09 bits per heavy atom. The molecule has 7 heteroatoms. The first-order valence-electron chi connectivity index (χ1n) is 6.44. The minimum absolute atomic E-state index is 0.207. The van der Waals surface area contributed by atoms with E-state index in [9.17, 15) is 18.3 Å². The van der Waals surface area contributed by atoms with E-state index in [0.29, 0.717) is 22.2 Å². The lowest BCUT2D eigenvalue weighted by Gasteiger charge is -2.15. The summed E-state index contributed by atoms with van der Waals surface area (Å²) in [6.45, 7) is 1.81. The van der Waals surface area contributed by atoms with Gasteiger partial charge in [-0.15, -0.1) is 0 Å². The van der Waals surface area contributed by atoms with Gasteiger partial charge >= 0.3 is 6.18 Å². The Labute approximate surface area is 123 Å². The van der Waals surface area contributed by atoms with E-state index in [0.717, 1.165) is 5.56 Å². The third-order valence-corrected chi connectivity index (χ3v) is 3.40. The predicted octanol–water partition coefficient (Wildman–Crippen LogP) is 3.79. The van der Waals surface area contributed by atoms with Crippen LogP contribution in [0.25, 0.3) is 22.2 Å². The summed E-state index contributed by atoms with van der Waals surface area (Å²) in [7, 11) is 0. The molecule has 2 aromatic carbocycles. The third-order valence-electron chi connectivity index (χ3n) is 3.40. The van der Waals surface area contributed by atoms with Gasteiger partial charge in [-0.2, -0.15) is 13.2 Å². The van der Waals surface area contributed by atoms with Crippen LogP contribution in [-0.4, -0.2) is 21.6 Å². The number of hydrogen-bond donors (Lipinski definition) is 1. The lowest BCUT2D eigenvalue weighted by molar-refractivity contribution is -0.206. The standard InChI is InChI=1S/C15H11F3N2O2/c1-8-5-11(7-12-13(8)20-22-19-12)9-3-2-4-10(6-9)14(21)15(16,17)18/h2-7,14,21H,1H3. The van der Waals surface area contributed by atoms with Crippen LogP contribution in [-0.2, 0) is 0 Å². The average Bonchev–Trinajstić information content (AvgIpc) is 2.94. The molecule has 0 saturated carbocycles. The molecule has 0 spiro atoms. The van der Waals surface area contributed by atoms with Gasteiger partial charge in [-0.1, -0.05) is 18.2 Å². The number of alkyl halides is 3. The molecule has 4 nitrogen and oxygen atoms in total. The summed E-state index contributed by atoms with van der Waals surface area (Å²) >= 11 is 0. The number of aliphatic hydroxyl groups is 1. The van der Waals surface area contributed by atoms with E-state index < -0.39 is 12.3 Å². The van der Waals surface area contributed by atoms with Crippen molar-refractivity contribution in [2.24, 2.45) is 0 Å². The quantitative estimate of drug-likeness (QED) is 0.782. The second-order valence-electron chi connectivity index (χ2n) is 4.99. The molecule has 0 aliphatic carbocycles. The van der Waals surface area contributed by atoms with Gasteiger partial charge in [0.05, 0.1) is 0 Å². The molecule has 3 aromatic rings. The maximum Gasteiger partial charge on any atom is 0.418 e. The highest BCUT2D eigenvalue weighted by atomic mass is 19.4. The van der Waals surface area contributed by atoms with Gasteiger partial charge < -0.3 is 5.11 Å². The van der Waals surface area contributed by atoms with Crippen molar-refractivity contribution < 1.29 is 22.9 Å². The summed E-state index contributed by atoms with van der Waals surface area (Å²) in [5.74, 6) is 0. The van der Waals surface area contributed by atoms with E-state index in [-0.39, 0.29) is 5.56 Å². The van der Waals surface area contributed by atoms with Gasteiger partial charge in [-0.05, 0) is 57.7 Å². The molecule has 114 valence electrons. The fourth-order valence-electron chi connectivity index (χ4n) is 2.30. The Kier molecular flexibility index (Phi) is 3.37. The second-order valence-corrected chi connectivity index (χ2v) is 4.99. The number of hydrogen-bond acceptors (Lipinski definition) is 4. The van der Waals surface area contributed by atoms with Crippen LogP contribution in [0.15, 0.2) is 41.0 Å². The minimum atomic E-state index is -4.70. The molecule has 0 aliphatic heterocycles. The fourth-order valence-corrected chi connectivity index (χ4v) is 2.30. The normalized spacial score (nSPS) is 13.5. The van der Waals surface area contributed by atoms with Gasteiger partial charge in [0, 0.05) is 0 Å². The largest absolute Gasteiger partial charge is 0.418 e. The van der Waals surface area contributed by atoms with Crippen molar-refractivity contribution in [1.29, 1.82) is 0 Å². The topological polar surface area (TPSA) is 59.2 Å². The molecule has 22 heavy (non-hydrogen) atoms. The lowest BCUT2D eigenvalue weighted by atomic mass is 9.98. The third kappa shape index (κ3) is 2.55. The van der Waals surface area contributed by atoms with Crippen LogP contribution in [0.2, 0.25) is 0 Å². The second kappa shape index (κ2) is 5.10. The number of fused-ring (bicyclic) bond motifs is 1. The number of halogens is 3. The van der Waals surface area contributed by atoms with Crippen LogP contribution < -0.4 is 0 Å². The number of benzene rings is 2. The highest BCUT2D eigenvalue weighted by molar-refractivity contribution is 5.83. The molecule has 1 heterocycles. The maximum absolute atomic E-state index is 12.6. The number of aryl methyl sites for hydroxylation is 1. The first-order valence-corrected chi connectivity index (χ1v) is 6.44. The summed E-state index contributed by atoms with van der Waals surface area (Å²) in [5.41, 5.74) is 2.95. The summed E-state index contributed by atoms with van der Waals surface area (Å²) in [6.07, 6.45) is -7.21. The van der Waals surface area contributed by atoms with E-state index in [1.807, 2.05) is 6.92 Å². The Hall–Kier alpha value is -2.41. The number of aliphatic hydroxyl groups excluding tert-OH is 1. The number of nitrogens with zero attached hydrogens (tertiary/aromatic N) is 2. The van der Waals surface area contributed by atoms with E-state index in [2.05, 4.69) is 14.9 Å². The maximum atomic E-state index is 12.6. The Balaban J connectivity index is 2.07. The zero-order chi connectivity index (χ0) is 15.9. The van der Waals surface area contributed by atoms with Crippen LogP contribution in [0.5, 0.6) is 0 Å². The highest BCUT2D eigenvalue weighted by Crippen LogP contribution is 2.34. The smallest absolute Gasteiger partial charge is 0.379 e. The monoisotopic (exact) mass is 308 g/mol. The molecular formula is C15H11F3N2O2. The molecular weight excluding hydrogens is 297 g/mol. The van der Waals surface area contributed by atoms with Gasteiger partial charge in [0.15, 0.2) is 6.10 Å². The van der Waals surface area contributed by atoms with Crippen molar-refractivity contribution >= 4 is 11.0 Å². The van der Waals surface area contributed by atoms with Gasteiger partial charge in [0.2, 0.25) is 0 Å². The van der Waals surface area contributed by atoms with Crippen molar-refractivity contribution in [3.8, 4) is 11.1 Å². The van der Waals surface area contributed by atoms with Crippen molar-refractivity contribution in [3.05, 3.63) is 47.5 Å². The average molecular weight is 308 g/mol. The van der Waals surface area contributed by atoms with Gasteiger partial charge in [-0.3, -0.25) is 0 Å². The summed E-state index contributed by atoms with van der Waals surface area (Å²) in [5, 5.41) is 16.9. The number of aromatic nitrogens is 2. The van der Waals surface area contributed by atoms with E-state index in [1.54, 1.807) is 18.2 Å². The molecule has 1 unspecified atom stereocenters. The first-order chi connectivity index (χ1) is 10.4. The van der Waals surface area contributed by atoms with Crippen molar-refractivity contribution in [1.82, 2.24) is 10.3 Å². The molecule has 1 aromatic heterocycles. The Morgan fingerprint density at radius 3 is 2.59 bits per heavy atom. The predicted molar refractivity (Wildman–Crippen MR) is 73.0 cm³/mol. The van der Waals surface area contributed by atoms with E-state index in [1.165, 1.54) is 18.2 Å². The van der Waals surface area contributed by atoms with E-state index >= 15 is 0 Å². The van der Waals surface area contributed by atoms with Crippen molar-refractivity contribution in [2.45, 2.75) is 19.2 Å². The Morgan fingerprint density at radius 2 is 1.86 bits per heavy atom. The molecule has 3 rings (SSSR count). The molecule has 0 bridgehead atoms. The molecule has 0 fully saturated rings. The zero-order valence-corrected chi connectivity index (χ0v) is 11.4. The van der Waals surface area contributed by atoms with Crippen LogP contribution in [0.3, 0.4) is 0 Å². The number of rotatable bonds is 2. The minimum Gasteiger partial charge on any atom is -0.379 e. The molecule has 1 N–H and O–H groups in total. The summed E-state index contributed by atoms with van der Waals surface area (Å²) in [4.78, 5) is 0. The van der Waals surface area contributed by atoms with Crippen LogP contribution in [0.4, 0.5) is 13.2 Å². The van der Waals surface area contributed by atoms with Crippen molar-refractivity contribution in [2.75, 3.05) is 0 Å². The van der Waals surface area contributed by atoms with Gasteiger partial charge in [0.25, 0.3) is 0 Å². The highest BCUT2D eigenvalue weighted by Gasteiger charge is 2.39. The fraction of sp³-hybridized carbons (Fsp3) is 0.200. The lowest BCUT2D eigenvalue weighted by Crippen LogP contribution is -2.20. The van der Waals surface area contributed by atoms with Gasteiger partial charge in [0.1, 0.15) is 11.0 Å². The molecule has 0 saturated heterocycles. The SMILES string of the molecule is Cc1cc(-c2cccc(C(O)C(F)(F)F)c2)cc2nonc12. The summed E-state index contributed by atoms with van der Waals surface area (Å²) < 4.78 is 42.5. The first kappa shape index (κ1) is 14.5. The molecule has 0 radical (unpaired) electrons. The van der Waals surface area contributed by atoms with Crippen LogP contribution in [0.1, 0.15) is 17.2 Å². The Bertz CT molecular complexity index is 827. The zero-order valence-electron chi connectivity index (χ0n) is 11.4. The molecule has 0 aliphatic rings. The van der Waals surface area contributed by atoms with Crippen LogP contribution in [0, 0.1) is 6.92 Å². The van der Waals surface area contributed by atoms with Crippen LogP contribution >= 0.6 is 0 Å². The molecule has 1 atom stereocenters. The van der Waals surface area contributed by atoms with Crippen molar-refractivity contribution in [3.63, 3.8) is 0 Å².